The molecular formula is C8H6BrClN2OS. The summed E-state index contributed by atoms with van der Waals surface area (Å²) in [5.74, 6) is 5.08. The number of nitrogens with one attached hydrogen (secondary N) is 1. The van der Waals surface area contributed by atoms with Crippen molar-refractivity contribution in [2.75, 3.05) is 6.54 Å². The number of rotatable bonds is 2. The zero-order valence-corrected chi connectivity index (χ0v) is 10.4. The Kier molecular flexibility index (Phi) is 4.39. The number of amides is 1. The molecule has 0 fully saturated rings. The van der Waals surface area contributed by atoms with Gasteiger partial charge in [-0.1, -0.05) is 28.9 Å². The van der Waals surface area contributed by atoms with Crippen LogP contribution in [-0.4, -0.2) is 17.4 Å². The van der Waals surface area contributed by atoms with E-state index in [2.05, 4.69) is 38.1 Å². The average molecular weight is 294 g/mol. The molecule has 6 heteroatoms. The maximum atomic E-state index is 11.4. The average Bonchev–Trinajstić information content (AvgIpc) is 2.45. The molecule has 0 saturated heterocycles. The Balaban J connectivity index is 2.68. The number of thiazole rings is 1. The van der Waals surface area contributed by atoms with Crippen LogP contribution in [0.1, 0.15) is 17.4 Å². The lowest BCUT2D eigenvalue weighted by Gasteiger charge is -1.96. The Bertz CT molecular complexity index is 407. The molecule has 3 nitrogen and oxygen atoms in total. The van der Waals surface area contributed by atoms with Gasteiger partial charge in [0.2, 0.25) is 0 Å². The van der Waals surface area contributed by atoms with E-state index in [9.17, 15) is 4.79 Å². The molecule has 1 aromatic heterocycles. The molecule has 1 rings (SSSR count). The van der Waals surface area contributed by atoms with Crippen LogP contribution in [0.15, 0.2) is 3.92 Å². The highest BCUT2D eigenvalue weighted by atomic mass is 79.9. The topological polar surface area (TPSA) is 42.0 Å². The van der Waals surface area contributed by atoms with Crippen LogP contribution in [-0.2, 0) is 0 Å². The summed E-state index contributed by atoms with van der Waals surface area (Å²) in [6.07, 6.45) is 0. The van der Waals surface area contributed by atoms with Crippen molar-refractivity contribution in [1.29, 1.82) is 0 Å². The van der Waals surface area contributed by atoms with E-state index in [1.807, 2.05) is 0 Å². The van der Waals surface area contributed by atoms with Crippen LogP contribution in [0.2, 0.25) is 4.34 Å². The molecule has 1 N–H and O–H groups in total. The first-order valence-corrected chi connectivity index (χ1v) is 5.63. The van der Waals surface area contributed by atoms with Gasteiger partial charge in [0.1, 0.15) is 4.34 Å². The van der Waals surface area contributed by atoms with E-state index in [1.165, 1.54) is 11.3 Å². The van der Waals surface area contributed by atoms with Gasteiger partial charge in [0.05, 0.1) is 6.54 Å². The lowest BCUT2D eigenvalue weighted by molar-refractivity contribution is 0.0954. The van der Waals surface area contributed by atoms with Gasteiger partial charge in [0.25, 0.3) is 5.91 Å². The molecule has 0 aliphatic rings. The minimum atomic E-state index is -0.306. The third kappa shape index (κ3) is 2.98. The van der Waals surface area contributed by atoms with E-state index >= 15 is 0 Å². The quantitative estimate of drug-likeness (QED) is 0.850. The number of halogens is 2. The molecule has 74 valence electrons. The number of carbonyl (C=O) groups is 1. The molecule has 0 spiro atoms. The van der Waals surface area contributed by atoms with Gasteiger partial charge in [0, 0.05) is 0 Å². The van der Waals surface area contributed by atoms with E-state index < -0.39 is 0 Å². The van der Waals surface area contributed by atoms with Gasteiger partial charge in [-0.3, -0.25) is 4.79 Å². The number of aromatic nitrogens is 1. The minimum absolute atomic E-state index is 0.237. The Morgan fingerprint density at radius 2 is 2.50 bits per heavy atom. The SMILES string of the molecule is CC#CCNC(=O)c1nc(Br)sc1Cl. The van der Waals surface area contributed by atoms with E-state index in [0.717, 1.165) is 0 Å². The van der Waals surface area contributed by atoms with E-state index in [1.54, 1.807) is 6.92 Å². The lowest BCUT2D eigenvalue weighted by Crippen LogP contribution is -2.24. The van der Waals surface area contributed by atoms with Gasteiger partial charge in [-0.2, -0.15) is 0 Å². The van der Waals surface area contributed by atoms with Crippen LogP contribution >= 0.6 is 38.9 Å². The third-order valence-corrected chi connectivity index (χ3v) is 2.99. The molecule has 0 bridgehead atoms. The second-order valence-electron chi connectivity index (χ2n) is 2.20. The first-order valence-electron chi connectivity index (χ1n) is 3.64. The number of hydrogen-bond acceptors (Lipinski definition) is 3. The maximum Gasteiger partial charge on any atom is 0.273 e. The van der Waals surface area contributed by atoms with Crippen LogP contribution in [0.3, 0.4) is 0 Å². The summed E-state index contributed by atoms with van der Waals surface area (Å²) < 4.78 is 0.966. The molecule has 14 heavy (non-hydrogen) atoms. The standard InChI is InChI=1S/C8H6BrClN2OS/c1-2-3-4-11-7(13)5-6(10)14-8(9)12-5/h4H2,1H3,(H,11,13). The molecule has 0 aliphatic heterocycles. The molecule has 1 amide bonds. The number of nitrogens with zero attached hydrogens (tertiary/aromatic N) is 1. The summed E-state index contributed by atoms with van der Waals surface area (Å²) >= 11 is 10.1. The molecule has 0 atom stereocenters. The predicted octanol–water partition coefficient (Wildman–Crippen LogP) is 2.31. The fourth-order valence-corrected chi connectivity index (χ4v) is 2.52. The van der Waals surface area contributed by atoms with Crippen molar-refractivity contribution in [1.82, 2.24) is 10.3 Å². The smallest absolute Gasteiger partial charge is 0.273 e. The fourth-order valence-electron chi connectivity index (χ4n) is 0.714. The Labute approximate surface area is 99.0 Å². The summed E-state index contributed by atoms with van der Waals surface area (Å²) in [6, 6.07) is 0. The van der Waals surface area contributed by atoms with Crippen LogP contribution in [0.4, 0.5) is 0 Å². The van der Waals surface area contributed by atoms with E-state index in [-0.39, 0.29) is 11.6 Å². The normalized spacial score (nSPS) is 9.07. The van der Waals surface area contributed by atoms with Crippen molar-refractivity contribution in [3.8, 4) is 11.8 Å². The predicted molar refractivity (Wildman–Crippen MR) is 60.6 cm³/mol. The van der Waals surface area contributed by atoms with Crippen LogP contribution in [0.5, 0.6) is 0 Å². The summed E-state index contributed by atoms with van der Waals surface area (Å²) in [5.41, 5.74) is 0.237. The maximum absolute atomic E-state index is 11.4. The van der Waals surface area contributed by atoms with Gasteiger partial charge in [-0.25, -0.2) is 4.98 Å². The molecule has 0 saturated carbocycles. The highest BCUT2D eigenvalue weighted by Crippen LogP contribution is 2.27. The Hall–Kier alpha value is -0.570. The van der Waals surface area contributed by atoms with Crippen molar-refractivity contribution in [3.63, 3.8) is 0 Å². The molecule has 1 heterocycles. The van der Waals surface area contributed by atoms with Gasteiger partial charge < -0.3 is 5.32 Å². The molecule has 0 aliphatic carbocycles. The summed E-state index contributed by atoms with van der Waals surface area (Å²) in [5, 5.41) is 2.58. The van der Waals surface area contributed by atoms with E-state index in [0.29, 0.717) is 14.8 Å². The zero-order valence-electron chi connectivity index (χ0n) is 7.23. The minimum Gasteiger partial charge on any atom is -0.340 e. The van der Waals surface area contributed by atoms with E-state index in [4.69, 9.17) is 11.6 Å². The Morgan fingerprint density at radius 1 is 1.79 bits per heavy atom. The lowest BCUT2D eigenvalue weighted by atomic mass is 10.4. The van der Waals surface area contributed by atoms with Gasteiger partial charge in [-0.15, -0.1) is 5.92 Å². The number of carbonyl (C=O) groups excluding carboxylic acids is 1. The second kappa shape index (κ2) is 5.35. The monoisotopic (exact) mass is 292 g/mol. The Morgan fingerprint density at radius 3 is 3.00 bits per heavy atom. The van der Waals surface area contributed by atoms with Gasteiger partial charge >= 0.3 is 0 Å². The van der Waals surface area contributed by atoms with Crippen molar-refractivity contribution in [3.05, 3.63) is 13.9 Å². The molecule has 0 aromatic carbocycles. The molecule has 0 unspecified atom stereocenters. The molecule has 1 aromatic rings. The number of hydrogen-bond donors (Lipinski definition) is 1. The van der Waals surface area contributed by atoms with Crippen molar-refractivity contribution >= 4 is 44.8 Å². The highest BCUT2D eigenvalue weighted by molar-refractivity contribution is 9.11. The van der Waals surface area contributed by atoms with Crippen molar-refractivity contribution in [2.24, 2.45) is 0 Å². The van der Waals surface area contributed by atoms with Crippen LogP contribution < -0.4 is 5.32 Å². The first-order chi connectivity index (χ1) is 6.65. The second-order valence-corrected chi connectivity index (χ2v) is 5.08. The van der Waals surface area contributed by atoms with Crippen molar-refractivity contribution in [2.45, 2.75) is 6.92 Å². The highest BCUT2D eigenvalue weighted by Gasteiger charge is 2.14. The summed E-state index contributed by atoms with van der Waals surface area (Å²) in [6.45, 7) is 2.01. The first kappa shape index (κ1) is 11.5. The fraction of sp³-hybridized carbons (Fsp3) is 0.250. The summed E-state index contributed by atoms with van der Waals surface area (Å²) in [4.78, 5) is 15.3. The van der Waals surface area contributed by atoms with Crippen LogP contribution in [0.25, 0.3) is 0 Å². The van der Waals surface area contributed by atoms with Crippen LogP contribution in [0, 0.1) is 11.8 Å². The molecular weight excluding hydrogens is 288 g/mol. The van der Waals surface area contributed by atoms with Gasteiger partial charge in [-0.05, 0) is 22.9 Å². The zero-order chi connectivity index (χ0) is 10.6. The molecule has 0 radical (unpaired) electrons. The van der Waals surface area contributed by atoms with Gasteiger partial charge in [0.15, 0.2) is 9.61 Å². The third-order valence-electron chi connectivity index (χ3n) is 1.29. The van der Waals surface area contributed by atoms with Crippen molar-refractivity contribution < 1.29 is 4.79 Å². The summed E-state index contributed by atoms with van der Waals surface area (Å²) in [7, 11) is 0. The largest absolute Gasteiger partial charge is 0.340 e.